The van der Waals surface area contributed by atoms with Gasteiger partial charge in [0.25, 0.3) is 0 Å². The van der Waals surface area contributed by atoms with Crippen molar-refractivity contribution >= 4 is 17.2 Å². The minimum absolute atomic E-state index is 0.0192. The molecule has 1 rings (SSSR count). The lowest BCUT2D eigenvalue weighted by Crippen LogP contribution is -1.99. The van der Waals surface area contributed by atoms with Gasteiger partial charge in [0.15, 0.2) is 0 Å². The highest BCUT2D eigenvalue weighted by Crippen LogP contribution is 2.27. The molecule has 5 N–H and O–H groups in total. The summed E-state index contributed by atoms with van der Waals surface area (Å²) >= 11 is 0. The summed E-state index contributed by atoms with van der Waals surface area (Å²) in [6.45, 7) is 0.0673. The van der Waals surface area contributed by atoms with E-state index in [9.17, 15) is 5.11 Å². The second kappa shape index (κ2) is 11.0. The number of aryl methyl sites for hydroxylation is 1. The van der Waals surface area contributed by atoms with Crippen LogP contribution in [0.15, 0.2) is 35.9 Å². The van der Waals surface area contributed by atoms with Crippen LogP contribution in [0.4, 0.5) is 0 Å². The smallest absolute Gasteiger partial charge is 0.327 e. The quantitative estimate of drug-likeness (QED) is 0.324. The number of hydrogen-bond acceptors (Lipinski definition) is 7. The van der Waals surface area contributed by atoms with Crippen molar-refractivity contribution in [3.8, 4) is 5.75 Å². The van der Waals surface area contributed by atoms with E-state index in [1.54, 1.807) is 18.2 Å². The lowest BCUT2D eigenvalue weighted by atomic mass is 10.0. The lowest BCUT2D eigenvalue weighted by molar-refractivity contribution is 0.266. The van der Waals surface area contributed by atoms with E-state index in [0.29, 0.717) is 6.42 Å². The largest absolute Gasteiger partial charge is 0.508 e. The summed E-state index contributed by atoms with van der Waals surface area (Å²) in [7, 11) is -4.84. The highest BCUT2D eigenvalue weighted by atomic mass is 31.2. The Labute approximate surface area is 131 Å². The average molecular weight is 350 g/mol. The molecule has 0 bridgehead atoms. The Balaban J connectivity index is 2.43. The van der Waals surface area contributed by atoms with E-state index in [0.717, 1.165) is 24.0 Å². The fourth-order valence-electron chi connectivity index (χ4n) is 1.78. The van der Waals surface area contributed by atoms with Gasteiger partial charge in [-0.1, -0.05) is 18.2 Å². The topological polar surface area (TPSA) is 120 Å². The number of benzene rings is 1. The molecule has 0 radical (unpaired) electrons. The standard InChI is InChI=1S/C13H20O7P2/c14-13-6-4-11(5-7-13)2-1-3-12(10-20-22(17)18)8-9-19-21(15)16/h4-8,14-18H,1-3,9-10H2/b12-8-. The van der Waals surface area contributed by atoms with Gasteiger partial charge in [-0.2, -0.15) is 0 Å². The van der Waals surface area contributed by atoms with Crippen molar-refractivity contribution in [1.29, 1.82) is 0 Å². The summed E-state index contributed by atoms with van der Waals surface area (Å²) in [5.41, 5.74) is 1.86. The molecule has 0 aliphatic heterocycles. The van der Waals surface area contributed by atoms with Gasteiger partial charge in [0.2, 0.25) is 0 Å². The Morgan fingerprint density at radius 1 is 1.00 bits per heavy atom. The summed E-state index contributed by atoms with van der Waals surface area (Å²) in [5.74, 6) is 0.221. The molecular formula is C13H20O7P2. The van der Waals surface area contributed by atoms with E-state index in [2.05, 4.69) is 4.52 Å². The Hall–Kier alpha value is -0.620. The van der Waals surface area contributed by atoms with Crippen LogP contribution in [0, 0.1) is 0 Å². The van der Waals surface area contributed by atoms with Crippen molar-refractivity contribution in [1.82, 2.24) is 0 Å². The predicted octanol–water partition coefficient (Wildman–Crippen LogP) is 2.10. The SMILES string of the molecule is Oc1ccc(CCC/C(=C/COP(O)O)COP(O)O)cc1. The highest BCUT2D eigenvalue weighted by Gasteiger charge is 2.05. The minimum Gasteiger partial charge on any atom is -0.508 e. The van der Waals surface area contributed by atoms with Crippen LogP contribution < -0.4 is 0 Å². The molecule has 0 saturated carbocycles. The van der Waals surface area contributed by atoms with Crippen LogP contribution in [0.5, 0.6) is 5.75 Å². The Bertz CT molecular complexity index is 448. The van der Waals surface area contributed by atoms with Crippen LogP contribution in [0.3, 0.4) is 0 Å². The molecule has 0 spiro atoms. The van der Waals surface area contributed by atoms with Gasteiger partial charge in [-0.3, -0.25) is 0 Å². The summed E-state index contributed by atoms with van der Waals surface area (Å²) in [4.78, 5) is 34.9. The molecule has 9 heteroatoms. The molecule has 22 heavy (non-hydrogen) atoms. The molecule has 0 heterocycles. The monoisotopic (exact) mass is 350 g/mol. The van der Waals surface area contributed by atoms with Crippen molar-refractivity contribution in [3.05, 3.63) is 41.5 Å². The van der Waals surface area contributed by atoms with Gasteiger partial charge in [0, 0.05) is 0 Å². The third kappa shape index (κ3) is 9.41. The third-order valence-electron chi connectivity index (χ3n) is 2.83. The first-order chi connectivity index (χ1) is 10.5. The van der Waals surface area contributed by atoms with Crippen LogP contribution in [-0.4, -0.2) is 37.9 Å². The molecule has 0 aliphatic rings. The number of hydrogen-bond donors (Lipinski definition) is 5. The maximum Gasteiger partial charge on any atom is 0.327 e. The van der Waals surface area contributed by atoms with E-state index >= 15 is 0 Å². The third-order valence-corrected chi connectivity index (χ3v) is 3.57. The first-order valence-corrected chi connectivity index (χ1v) is 8.88. The molecule has 0 aliphatic carbocycles. The first kappa shape index (κ1) is 19.4. The Kier molecular flexibility index (Phi) is 9.71. The van der Waals surface area contributed by atoms with Gasteiger partial charge >= 0.3 is 17.2 Å². The van der Waals surface area contributed by atoms with Gasteiger partial charge in [-0.15, -0.1) is 0 Å². The van der Waals surface area contributed by atoms with E-state index in [1.165, 1.54) is 0 Å². The predicted molar refractivity (Wildman–Crippen MR) is 83.7 cm³/mol. The number of rotatable bonds is 10. The Morgan fingerprint density at radius 3 is 2.23 bits per heavy atom. The molecule has 7 nitrogen and oxygen atoms in total. The zero-order valence-electron chi connectivity index (χ0n) is 11.9. The summed E-state index contributed by atoms with van der Waals surface area (Å²) in [6, 6.07) is 6.92. The molecule has 0 unspecified atom stereocenters. The molecule has 0 aromatic heterocycles. The van der Waals surface area contributed by atoms with E-state index in [4.69, 9.17) is 24.1 Å². The number of phenolic OH excluding ortho intramolecular Hbond substituents is 1. The molecule has 124 valence electrons. The molecule has 0 atom stereocenters. The van der Waals surface area contributed by atoms with Crippen LogP contribution in [0.25, 0.3) is 0 Å². The first-order valence-electron chi connectivity index (χ1n) is 6.55. The summed E-state index contributed by atoms with van der Waals surface area (Å²) < 4.78 is 9.43. The van der Waals surface area contributed by atoms with Gasteiger partial charge in [0.1, 0.15) is 5.75 Å². The van der Waals surface area contributed by atoms with Gasteiger partial charge in [0.05, 0.1) is 13.2 Å². The zero-order valence-corrected chi connectivity index (χ0v) is 13.7. The summed E-state index contributed by atoms with van der Waals surface area (Å²) in [6.07, 6.45) is 3.86. The van der Waals surface area contributed by atoms with E-state index < -0.39 is 17.2 Å². The lowest BCUT2D eigenvalue weighted by Gasteiger charge is -2.10. The minimum atomic E-state index is -2.43. The molecule has 1 aromatic rings. The molecule has 1 aromatic carbocycles. The molecule has 0 saturated heterocycles. The Morgan fingerprint density at radius 2 is 1.64 bits per heavy atom. The second-order valence-corrected chi connectivity index (χ2v) is 5.98. The fraction of sp³-hybridized carbons (Fsp3) is 0.385. The maximum absolute atomic E-state index is 9.21. The molecular weight excluding hydrogens is 330 g/mol. The van der Waals surface area contributed by atoms with Crippen LogP contribution >= 0.6 is 17.2 Å². The van der Waals surface area contributed by atoms with Gasteiger partial charge in [-0.25, -0.2) is 0 Å². The van der Waals surface area contributed by atoms with Crippen LogP contribution in [0.2, 0.25) is 0 Å². The number of aromatic hydroxyl groups is 1. The van der Waals surface area contributed by atoms with Crippen molar-refractivity contribution < 1.29 is 33.7 Å². The molecule has 0 fully saturated rings. The normalized spacial score (nSPS) is 12.4. The van der Waals surface area contributed by atoms with Crippen molar-refractivity contribution in [2.45, 2.75) is 19.3 Å². The molecule has 0 amide bonds. The highest BCUT2D eigenvalue weighted by molar-refractivity contribution is 7.39. The van der Waals surface area contributed by atoms with Crippen molar-refractivity contribution in [3.63, 3.8) is 0 Å². The van der Waals surface area contributed by atoms with Crippen molar-refractivity contribution in [2.75, 3.05) is 13.2 Å². The van der Waals surface area contributed by atoms with E-state index in [-0.39, 0.29) is 19.0 Å². The number of phenols is 1. The average Bonchev–Trinajstić information content (AvgIpc) is 2.45. The van der Waals surface area contributed by atoms with Crippen LogP contribution in [-0.2, 0) is 15.5 Å². The van der Waals surface area contributed by atoms with Crippen LogP contribution in [0.1, 0.15) is 18.4 Å². The maximum atomic E-state index is 9.21. The zero-order chi connectivity index (χ0) is 16.4. The van der Waals surface area contributed by atoms with Gasteiger partial charge in [-0.05, 0) is 42.5 Å². The summed E-state index contributed by atoms with van der Waals surface area (Å²) in [5, 5.41) is 9.21. The van der Waals surface area contributed by atoms with E-state index in [1.807, 2.05) is 12.1 Å². The second-order valence-electron chi connectivity index (χ2n) is 4.46. The fourth-order valence-corrected chi connectivity index (χ4v) is 2.27. The van der Waals surface area contributed by atoms with Gasteiger partial charge < -0.3 is 33.7 Å². The van der Waals surface area contributed by atoms with Crippen molar-refractivity contribution in [2.24, 2.45) is 0 Å².